The van der Waals surface area contributed by atoms with Gasteiger partial charge in [0.1, 0.15) is 12.0 Å². The molecule has 0 bridgehead atoms. The molecule has 0 radical (unpaired) electrons. The molecule has 88 valence electrons. The average Bonchev–Trinajstić information content (AvgIpc) is 2.76. The molecule has 2 aromatic rings. The number of benzene rings is 1. The number of ether oxygens (including phenoxy) is 1. The molecule has 4 heteroatoms. The van der Waals surface area contributed by atoms with Crippen molar-refractivity contribution >= 4 is 0 Å². The van der Waals surface area contributed by atoms with Gasteiger partial charge in [0.25, 0.3) is 0 Å². The third-order valence-electron chi connectivity index (χ3n) is 3.06. The minimum Gasteiger partial charge on any atom is -0.497 e. The number of oxazole rings is 1. The molecule has 0 spiro atoms. The van der Waals surface area contributed by atoms with E-state index in [0.29, 0.717) is 11.8 Å². The summed E-state index contributed by atoms with van der Waals surface area (Å²) in [6, 6.07) is 7.72. The zero-order valence-electron chi connectivity index (χ0n) is 9.64. The Kier molecular flexibility index (Phi) is 2.57. The molecule has 1 aliphatic heterocycles. The zero-order chi connectivity index (χ0) is 11.7. The lowest BCUT2D eigenvalue weighted by atomic mass is 10.0. The molecule has 1 fully saturated rings. The van der Waals surface area contributed by atoms with Gasteiger partial charge in [0.2, 0.25) is 5.89 Å². The molecule has 1 N–H and O–H groups in total. The Balaban J connectivity index is 1.84. The van der Waals surface area contributed by atoms with E-state index >= 15 is 0 Å². The van der Waals surface area contributed by atoms with Crippen LogP contribution in [0.3, 0.4) is 0 Å². The summed E-state index contributed by atoms with van der Waals surface area (Å²) in [5.74, 6) is 2.02. The Bertz CT molecular complexity index is 500. The molecule has 4 nitrogen and oxygen atoms in total. The summed E-state index contributed by atoms with van der Waals surface area (Å²) in [7, 11) is 1.65. The van der Waals surface area contributed by atoms with Crippen LogP contribution in [-0.2, 0) is 0 Å². The fourth-order valence-corrected chi connectivity index (χ4v) is 1.84. The Morgan fingerprint density at radius 3 is 2.65 bits per heavy atom. The summed E-state index contributed by atoms with van der Waals surface area (Å²) < 4.78 is 10.6. The standard InChI is InChI=1S/C13H14N2O2/c1-16-11-4-2-9(3-5-11)13-15-12(8-17-13)10-6-14-7-10/h2-5,8,10,14H,6-7H2,1H3. The van der Waals surface area contributed by atoms with Crippen LogP contribution >= 0.6 is 0 Å². The Hall–Kier alpha value is -1.81. The highest BCUT2D eigenvalue weighted by Crippen LogP contribution is 2.25. The second-order valence-corrected chi connectivity index (χ2v) is 4.16. The van der Waals surface area contributed by atoms with Gasteiger partial charge in [0.05, 0.1) is 12.8 Å². The monoisotopic (exact) mass is 230 g/mol. The summed E-state index contributed by atoms with van der Waals surface area (Å²) in [6.07, 6.45) is 1.76. The molecule has 0 amide bonds. The number of nitrogens with one attached hydrogen (secondary N) is 1. The molecule has 1 aliphatic rings. The highest BCUT2D eigenvalue weighted by atomic mass is 16.5. The first-order chi connectivity index (χ1) is 8.36. The van der Waals surface area contributed by atoms with Crippen LogP contribution in [0.15, 0.2) is 34.9 Å². The summed E-state index contributed by atoms with van der Waals surface area (Å²) in [6.45, 7) is 1.99. The predicted octanol–water partition coefficient (Wildman–Crippen LogP) is 2.04. The molecule has 0 aliphatic carbocycles. The van der Waals surface area contributed by atoms with Crippen molar-refractivity contribution in [3.63, 3.8) is 0 Å². The fraction of sp³-hybridized carbons (Fsp3) is 0.308. The molecule has 17 heavy (non-hydrogen) atoms. The van der Waals surface area contributed by atoms with Gasteiger partial charge in [-0.3, -0.25) is 0 Å². The van der Waals surface area contributed by atoms with E-state index in [4.69, 9.17) is 9.15 Å². The van der Waals surface area contributed by atoms with Crippen molar-refractivity contribution in [3.05, 3.63) is 36.2 Å². The Labute approximate surface area is 99.6 Å². The maximum absolute atomic E-state index is 5.50. The predicted molar refractivity (Wildman–Crippen MR) is 64.1 cm³/mol. The molecule has 2 heterocycles. The van der Waals surface area contributed by atoms with E-state index in [-0.39, 0.29) is 0 Å². The summed E-state index contributed by atoms with van der Waals surface area (Å²) >= 11 is 0. The van der Waals surface area contributed by atoms with Gasteiger partial charge in [-0.1, -0.05) is 0 Å². The maximum Gasteiger partial charge on any atom is 0.226 e. The summed E-state index contributed by atoms with van der Waals surface area (Å²) in [5.41, 5.74) is 2.01. The van der Waals surface area contributed by atoms with Gasteiger partial charge in [-0.15, -0.1) is 0 Å². The Morgan fingerprint density at radius 1 is 1.29 bits per heavy atom. The highest BCUT2D eigenvalue weighted by molar-refractivity contribution is 5.54. The van der Waals surface area contributed by atoms with Gasteiger partial charge in [-0.05, 0) is 24.3 Å². The molecular weight excluding hydrogens is 216 g/mol. The van der Waals surface area contributed by atoms with Gasteiger partial charge < -0.3 is 14.5 Å². The molecule has 1 aromatic heterocycles. The number of rotatable bonds is 3. The number of nitrogens with zero attached hydrogens (tertiary/aromatic N) is 1. The van der Waals surface area contributed by atoms with Crippen LogP contribution in [0, 0.1) is 0 Å². The number of methoxy groups -OCH3 is 1. The Morgan fingerprint density at radius 2 is 2.06 bits per heavy atom. The minimum absolute atomic E-state index is 0.505. The van der Waals surface area contributed by atoms with Crippen molar-refractivity contribution in [2.24, 2.45) is 0 Å². The van der Waals surface area contributed by atoms with E-state index in [2.05, 4.69) is 10.3 Å². The van der Waals surface area contributed by atoms with Crippen molar-refractivity contribution in [2.75, 3.05) is 20.2 Å². The van der Waals surface area contributed by atoms with Crippen molar-refractivity contribution < 1.29 is 9.15 Å². The average molecular weight is 230 g/mol. The van der Waals surface area contributed by atoms with Crippen LogP contribution in [0.5, 0.6) is 5.75 Å². The van der Waals surface area contributed by atoms with Crippen LogP contribution in [0.4, 0.5) is 0 Å². The smallest absolute Gasteiger partial charge is 0.226 e. The van der Waals surface area contributed by atoms with Gasteiger partial charge in [0.15, 0.2) is 0 Å². The van der Waals surface area contributed by atoms with Gasteiger partial charge in [0, 0.05) is 24.6 Å². The van der Waals surface area contributed by atoms with Crippen LogP contribution < -0.4 is 10.1 Å². The SMILES string of the molecule is COc1ccc(-c2nc(C3CNC3)co2)cc1. The second-order valence-electron chi connectivity index (χ2n) is 4.16. The normalized spacial score (nSPS) is 15.6. The summed E-state index contributed by atoms with van der Waals surface area (Å²) in [4.78, 5) is 4.51. The molecule has 0 unspecified atom stereocenters. The third kappa shape index (κ3) is 1.91. The highest BCUT2D eigenvalue weighted by Gasteiger charge is 2.22. The first-order valence-corrected chi connectivity index (χ1v) is 5.67. The molecule has 0 atom stereocenters. The zero-order valence-corrected chi connectivity index (χ0v) is 9.64. The van der Waals surface area contributed by atoms with E-state index in [9.17, 15) is 0 Å². The van der Waals surface area contributed by atoms with E-state index in [1.54, 1.807) is 13.4 Å². The first kappa shape index (κ1) is 10.4. The van der Waals surface area contributed by atoms with Crippen molar-refractivity contribution in [3.8, 4) is 17.2 Å². The van der Waals surface area contributed by atoms with Crippen LogP contribution in [0.25, 0.3) is 11.5 Å². The van der Waals surface area contributed by atoms with Gasteiger partial charge >= 0.3 is 0 Å². The van der Waals surface area contributed by atoms with Crippen LogP contribution in [-0.4, -0.2) is 25.2 Å². The maximum atomic E-state index is 5.50. The molecule has 1 aromatic carbocycles. The second kappa shape index (κ2) is 4.22. The van der Waals surface area contributed by atoms with Crippen molar-refractivity contribution in [1.29, 1.82) is 0 Å². The lowest BCUT2D eigenvalue weighted by molar-refractivity contribution is 0.415. The first-order valence-electron chi connectivity index (χ1n) is 5.67. The van der Waals surface area contributed by atoms with Crippen molar-refractivity contribution in [1.82, 2.24) is 10.3 Å². The third-order valence-corrected chi connectivity index (χ3v) is 3.06. The quantitative estimate of drug-likeness (QED) is 0.876. The molecular formula is C13H14N2O2. The number of hydrogen-bond donors (Lipinski definition) is 1. The lowest BCUT2D eigenvalue weighted by Gasteiger charge is -2.24. The molecule has 3 rings (SSSR count). The summed E-state index contributed by atoms with van der Waals surface area (Å²) in [5, 5.41) is 3.23. The fourth-order valence-electron chi connectivity index (χ4n) is 1.84. The molecule has 1 saturated heterocycles. The van der Waals surface area contributed by atoms with E-state index in [0.717, 1.165) is 30.1 Å². The van der Waals surface area contributed by atoms with Gasteiger partial charge in [-0.25, -0.2) is 4.98 Å². The van der Waals surface area contributed by atoms with Crippen LogP contribution in [0.2, 0.25) is 0 Å². The van der Waals surface area contributed by atoms with E-state index < -0.39 is 0 Å². The van der Waals surface area contributed by atoms with E-state index in [1.807, 2.05) is 24.3 Å². The largest absolute Gasteiger partial charge is 0.497 e. The molecule has 0 saturated carbocycles. The topological polar surface area (TPSA) is 47.3 Å². The lowest BCUT2D eigenvalue weighted by Crippen LogP contribution is -2.40. The number of aromatic nitrogens is 1. The van der Waals surface area contributed by atoms with E-state index in [1.165, 1.54) is 0 Å². The van der Waals surface area contributed by atoms with Crippen LogP contribution in [0.1, 0.15) is 11.6 Å². The number of hydrogen-bond acceptors (Lipinski definition) is 4. The minimum atomic E-state index is 0.505. The van der Waals surface area contributed by atoms with Gasteiger partial charge in [-0.2, -0.15) is 0 Å². The van der Waals surface area contributed by atoms with Crippen molar-refractivity contribution in [2.45, 2.75) is 5.92 Å².